The third-order valence-electron chi connectivity index (χ3n) is 3.74. The van der Waals surface area contributed by atoms with Crippen molar-refractivity contribution in [2.24, 2.45) is 0 Å². The van der Waals surface area contributed by atoms with Gasteiger partial charge in [-0.05, 0) is 42.8 Å². The molecule has 8 heteroatoms. The van der Waals surface area contributed by atoms with E-state index < -0.39 is 35.5 Å². The number of ether oxygens (including phenoxy) is 1. The first-order valence-corrected chi connectivity index (χ1v) is 7.95. The maximum atomic E-state index is 13.2. The number of rotatable bonds is 5. The minimum absolute atomic E-state index is 0.0854. The molecule has 0 aromatic heterocycles. The van der Waals surface area contributed by atoms with Gasteiger partial charge in [-0.2, -0.15) is 13.2 Å². The van der Waals surface area contributed by atoms with E-state index in [1.165, 1.54) is 43.1 Å². The molecule has 2 aromatic carbocycles. The third kappa shape index (κ3) is 5.54. The van der Waals surface area contributed by atoms with E-state index in [0.29, 0.717) is 11.6 Å². The van der Waals surface area contributed by atoms with Crippen LogP contribution in [0.25, 0.3) is 0 Å². The lowest BCUT2D eigenvalue weighted by atomic mass is 10.1. The molecule has 0 radical (unpaired) electrons. The van der Waals surface area contributed by atoms with Crippen LogP contribution in [0.3, 0.4) is 0 Å². The summed E-state index contributed by atoms with van der Waals surface area (Å²) < 4.78 is 56.3. The molecule has 0 saturated heterocycles. The first-order chi connectivity index (χ1) is 12.6. The van der Waals surface area contributed by atoms with Crippen molar-refractivity contribution in [1.82, 2.24) is 4.90 Å². The molecule has 2 aromatic rings. The number of hydrogen-bond donors (Lipinski definition) is 0. The maximum absolute atomic E-state index is 13.2. The van der Waals surface area contributed by atoms with Gasteiger partial charge in [0.05, 0.1) is 11.1 Å². The van der Waals surface area contributed by atoms with Crippen LogP contribution in [-0.2, 0) is 22.3 Å². The predicted octanol–water partition coefficient (Wildman–Crippen LogP) is 4.05. The molecule has 1 atom stereocenters. The van der Waals surface area contributed by atoms with Crippen molar-refractivity contribution in [1.29, 1.82) is 0 Å². The van der Waals surface area contributed by atoms with Gasteiger partial charge in [-0.1, -0.05) is 18.2 Å². The first kappa shape index (κ1) is 20.4. The van der Waals surface area contributed by atoms with Crippen LogP contribution >= 0.6 is 0 Å². The summed E-state index contributed by atoms with van der Waals surface area (Å²) in [6.07, 6.45) is -5.81. The smallest absolute Gasteiger partial charge is 0.416 e. The minimum atomic E-state index is -4.59. The van der Waals surface area contributed by atoms with Gasteiger partial charge in [0.25, 0.3) is 5.91 Å². The molecule has 2 rings (SSSR count). The van der Waals surface area contributed by atoms with Crippen molar-refractivity contribution in [3.8, 4) is 0 Å². The molecule has 4 nitrogen and oxygen atoms in total. The van der Waals surface area contributed by atoms with E-state index in [2.05, 4.69) is 0 Å². The number of esters is 1. The fourth-order valence-electron chi connectivity index (χ4n) is 2.40. The highest BCUT2D eigenvalue weighted by Gasteiger charge is 2.31. The average Bonchev–Trinajstić information content (AvgIpc) is 2.60. The van der Waals surface area contributed by atoms with E-state index >= 15 is 0 Å². The lowest BCUT2D eigenvalue weighted by molar-refractivity contribution is -0.139. The third-order valence-corrected chi connectivity index (χ3v) is 3.74. The largest absolute Gasteiger partial charge is 0.449 e. The molecule has 0 saturated carbocycles. The number of carbonyl (C=O) groups excluding carboxylic acids is 2. The Morgan fingerprint density at radius 3 is 2.41 bits per heavy atom. The number of benzene rings is 2. The van der Waals surface area contributed by atoms with Crippen LogP contribution in [0, 0.1) is 5.82 Å². The normalized spacial score (nSPS) is 12.4. The van der Waals surface area contributed by atoms with Crippen molar-refractivity contribution in [2.45, 2.75) is 25.7 Å². The Bertz CT molecular complexity index is 836. The molecule has 1 amide bonds. The molecule has 1 unspecified atom stereocenters. The molecular weight excluding hydrogens is 366 g/mol. The van der Waals surface area contributed by atoms with Gasteiger partial charge in [-0.15, -0.1) is 0 Å². The Morgan fingerprint density at radius 1 is 1.11 bits per heavy atom. The molecule has 27 heavy (non-hydrogen) atoms. The fourth-order valence-corrected chi connectivity index (χ4v) is 2.40. The maximum Gasteiger partial charge on any atom is 0.416 e. The molecule has 0 fully saturated rings. The summed E-state index contributed by atoms with van der Waals surface area (Å²) >= 11 is 0. The average molecular weight is 383 g/mol. The quantitative estimate of drug-likeness (QED) is 0.578. The van der Waals surface area contributed by atoms with Crippen molar-refractivity contribution in [3.05, 3.63) is 71.0 Å². The summed E-state index contributed by atoms with van der Waals surface area (Å²) in [4.78, 5) is 25.6. The van der Waals surface area contributed by atoms with Crippen molar-refractivity contribution < 1.29 is 31.9 Å². The molecule has 0 aliphatic rings. The van der Waals surface area contributed by atoms with Gasteiger partial charge in [0.2, 0.25) is 0 Å². The summed E-state index contributed by atoms with van der Waals surface area (Å²) in [5.74, 6) is -2.06. The number of likely N-dealkylation sites (N-methyl/N-ethyl adjacent to an activating group) is 1. The standard InChI is InChI=1S/C19H17F4NO3/c1-12(17(25)24(2)11-13-5-3-8-16(20)9-13)27-18(26)14-6-4-7-15(10-14)19(21,22)23/h3-10,12H,11H2,1-2H3. The fraction of sp³-hybridized carbons (Fsp3) is 0.263. The Hall–Kier alpha value is -2.90. The summed E-state index contributed by atoms with van der Waals surface area (Å²) in [7, 11) is 1.45. The molecule has 0 aliphatic carbocycles. The predicted molar refractivity (Wildman–Crippen MR) is 89.2 cm³/mol. The Balaban J connectivity index is 2.02. The van der Waals surface area contributed by atoms with Gasteiger partial charge < -0.3 is 9.64 Å². The van der Waals surface area contributed by atoms with E-state index in [1.807, 2.05) is 0 Å². The molecule has 0 aliphatic heterocycles. The van der Waals surface area contributed by atoms with Crippen molar-refractivity contribution in [3.63, 3.8) is 0 Å². The molecule has 0 heterocycles. The Kier molecular flexibility index (Phi) is 6.20. The number of hydrogen-bond acceptors (Lipinski definition) is 3. The molecule has 0 bridgehead atoms. The van der Waals surface area contributed by atoms with Crippen LogP contribution in [0.15, 0.2) is 48.5 Å². The summed E-state index contributed by atoms with van der Waals surface area (Å²) in [5.41, 5.74) is -0.751. The van der Waals surface area contributed by atoms with Gasteiger partial charge in [0.1, 0.15) is 5.82 Å². The highest BCUT2D eigenvalue weighted by atomic mass is 19.4. The van der Waals surface area contributed by atoms with Gasteiger partial charge >= 0.3 is 12.1 Å². The van der Waals surface area contributed by atoms with E-state index in [1.54, 1.807) is 6.07 Å². The monoisotopic (exact) mass is 383 g/mol. The first-order valence-electron chi connectivity index (χ1n) is 7.95. The number of amides is 1. The number of alkyl halides is 3. The lowest BCUT2D eigenvalue weighted by Gasteiger charge is -2.21. The zero-order chi connectivity index (χ0) is 20.2. The summed E-state index contributed by atoms with van der Waals surface area (Å²) in [6, 6.07) is 9.42. The zero-order valence-corrected chi connectivity index (χ0v) is 14.6. The Labute approximate surface area is 153 Å². The zero-order valence-electron chi connectivity index (χ0n) is 14.6. The molecule has 0 spiro atoms. The topological polar surface area (TPSA) is 46.6 Å². The molecule has 0 N–H and O–H groups in total. The van der Waals surface area contributed by atoms with Gasteiger partial charge in [-0.3, -0.25) is 4.79 Å². The van der Waals surface area contributed by atoms with Gasteiger partial charge in [0, 0.05) is 13.6 Å². The van der Waals surface area contributed by atoms with Crippen molar-refractivity contribution in [2.75, 3.05) is 7.05 Å². The SMILES string of the molecule is CC(OC(=O)c1cccc(C(F)(F)F)c1)C(=O)N(C)Cc1cccc(F)c1. The van der Waals surface area contributed by atoms with Crippen LogP contribution in [0.4, 0.5) is 17.6 Å². The second-order valence-corrected chi connectivity index (χ2v) is 5.95. The molecular formula is C19H17F4NO3. The van der Waals surface area contributed by atoms with Crippen LogP contribution in [0.1, 0.15) is 28.4 Å². The number of nitrogens with zero attached hydrogens (tertiary/aromatic N) is 1. The number of carbonyl (C=O) groups is 2. The van der Waals surface area contributed by atoms with Crippen LogP contribution in [-0.4, -0.2) is 29.9 Å². The summed E-state index contributed by atoms with van der Waals surface area (Å²) in [6.45, 7) is 1.40. The summed E-state index contributed by atoms with van der Waals surface area (Å²) in [5, 5.41) is 0. The number of halogens is 4. The van der Waals surface area contributed by atoms with Gasteiger partial charge in [0.15, 0.2) is 6.10 Å². The van der Waals surface area contributed by atoms with E-state index in [4.69, 9.17) is 4.74 Å². The highest BCUT2D eigenvalue weighted by Crippen LogP contribution is 2.29. The van der Waals surface area contributed by atoms with E-state index in [0.717, 1.165) is 12.1 Å². The van der Waals surface area contributed by atoms with Crippen LogP contribution in [0.5, 0.6) is 0 Å². The second kappa shape index (κ2) is 8.20. The minimum Gasteiger partial charge on any atom is -0.449 e. The van der Waals surface area contributed by atoms with E-state index in [-0.39, 0.29) is 12.1 Å². The van der Waals surface area contributed by atoms with Crippen molar-refractivity contribution >= 4 is 11.9 Å². The molecule has 144 valence electrons. The lowest BCUT2D eigenvalue weighted by Crippen LogP contribution is -2.37. The highest BCUT2D eigenvalue weighted by molar-refractivity contribution is 5.92. The van der Waals surface area contributed by atoms with Crippen LogP contribution in [0.2, 0.25) is 0 Å². The van der Waals surface area contributed by atoms with E-state index in [9.17, 15) is 27.2 Å². The second-order valence-electron chi connectivity index (χ2n) is 5.95. The van der Waals surface area contributed by atoms with Crippen LogP contribution < -0.4 is 0 Å². The van der Waals surface area contributed by atoms with Gasteiger partial charge in [-0.25, -0.2) is 9.18 Å². The Morgan fingerprint density at radius 2 is 1.78 bits per heavy atom.